The van der Waals surface area contributed by atoms with Crippen LogP contribution in [0.3, 0.4) is 0 Å². The molecule has 0 spiro atoms. The molecule has 0 heterocycles. The van der Waals surface area contributed by atoms with Gasteiger partial charge in [0, 0.05) is 0 Å². The van der Waals surface area contributed by atoms with Crippen LogP contribution in [-0.4, -0.2) is 12.3 Å². The zero-order valence-electron chi connectivity index (χ0n) is 13.9. The SMILES string of the molecule is O=[C]N(Br)c1cccc(C(=O)Nc2ccccc2Oc2ccccc2)c1Cl. The van der Waals surface area contributed by atoms with Gasteiger partial charge in [0.15, 0.2) is 5.75 Å². The summed E-state index contributed by atoms with van der Waals surface area (Å²) in [6, 6.07) is 21.1. The van der Waals surface area contributed by atoms with Gasteiger partial charge in [-0.3, -0.25) is 9.59 Å². The lowest BCUT2D eigenvalue weighted by Gasteiger charge is -2.14. The highest BCUT2D eigenvalue weighted by Crippen LogP contribution is 2.33. The molecule has 0 aliphatic heterocycles. The monoisotopic (exact) mass is 443 g/mol. The van der Waals surface area contributed by atoms with Gasteiger partial charge in [-0.05, 0) is 36.4 Å². The fourth-order valence-corrected chi connectivity index (χ4v) is 3.05. The highest BCUT2D eigenvalue weighted by molar-refractivity contribution is 9.10. The lowest BCUT2D eigenvalue weighted by molar-refractivity contribution is 0.102. The average Bonchev–Trinajstić information content (AvgIpc) is 2.70. The largest absolute Gasteiger partial charge is 0.455 e. The molecule has 3 aromatic carbocycles. The van der Waals surface area contributed by atoms with Crippen molar-refractivity contribution >= 4 is 51.4 Å². The van der Waals surface area contributed by atoms with Crippen molar-refractivity contribution in [1.82, 2.24) is 0 Å². The number of carbonyl (C=O) groups excluding carboxylic acids is 2. The Labute approximate surface area is 169 Å². The fraction of sp³-hybridized carbons (Fsp3) is 0. The first-order chi connectivity index (χ1) is 13.1. The Balaban J connectivity index is 1.86. The van der Waals surface area contributed by atoms with Gasteiger partial charge < -0.3 is 10.1 Å². The summed E-state index contributed by atoms with van der Waals surface area (Å²) in [4.78, 5) is 23.5. The second-order valence-corrected chi connectivity index (χ2v) is 6.46. The molecule has 0 aliphatic carbocycles. The molecule has 0 aliphatic rings. The Morgan fingerprint density at radius 3 is 2.44 bits per heavy atom. The minimum atomic E-state index is -0.433. The number of anilines is 2. The van der Waals surface area contributed by atoms with Crippen LogP contribution in [0.5, 0.6) is 11.5 Å². The number of rotatable bonds is 6. The fourth-order valence-electron chi connectivity index (χ4n) is 2.36. The van der Waals surface area contributed by atoms with Gasteiger partial charge in [-0.1, -0.05) is 48.0 Å². The third kappa shape index (κ3) is 4.48. The zero-order valence-corrected chi connectivity index (χ0v) is 16.2. The van der Waals surface area contributed by atoms with Crippen LogP contribution in [0.4, 0.5) is 11.4 Å². The van der Waals surface area contributed by atoms with Gasteiger partial charge in [-0.2, -0.15) is 0 Å². The summed E-state index contributed by atoms with van der Waals surface area (Å²) in [6.45, 7) is 0. The number of hydrogen-bond donors (Lipinski definition) is 1. The van der Waals surface area contributed by atoms with E-state index in [4.69, 9.17) is 16.3 Å². The molecular weight excluding hydrogens is 432 g/mol. The summed E-state index contributed by atoms with van der Waals surface area (Å²) in [5, 5.41) is 2.91. The van der Waals surface area contributed by atoms with E-state index in [9.17, 15) is 9.59 Å². The molecule has 135 valence electrons. The first kappa shape index (κ1) is 18.9. The molecule has 0 atom stereocenters. The minimum Gasteiger partial charge on any atom is -0.455 e. The Morgan fingerprint density at radius 1 is 1.00 bits per heavy atom. The van der Waals surface area contributed by atoms with E-state index in [-0.39, 0.29) is 10.6 Å². The van der Waals surface area contributed by atoms with E-state index in [1.807, 2.05) is 36.4 Å². The van der Waals surface area contributed by atoms with Gasteiger partial charge in [-0.25, -0.2) is 3.93 Å². The number of carbonyl (C=O) groups is 1. The standard InChI is InChI=1S/C20H13BrClN2O3/c21-24(13-25)17-11-6-9-15(19(17)22)20(26)23-16-10-4-5-12-18(16)27-14-7-2-1-3-8-14/h1-12H,(H,23,26). The van der Waals surface area contributed by atoms with Crippen molar-refractivity contribution in [3.8, 4) is 11.5 Å². The maximum absolute atomic E-state index is 12.7. The third-order valence-corrected chi connectivity index (χ3v) is 4.54. The molecule has 0 unspecified atom stereocenters. The molecule has 1 N–H and O–H groups in total. The van der Waals surface area contributed by atoms with E-state index >= 15 is 0 Å². The first-order valence-corrected chi connectivity index (χ1v) is 8.94. The van der Waals surface area contributed by atoms with Crippen LogP contribution < -0.4 is 14.0 Å². The Kier molecular flexibility index (Phi) is 6.11. The summed E-state index contributed by atoms with van der Waals surface area (Å²) in [6.07, 6.45) is 1.64. The molecule has 27 heavy (non-hydrogen) atoms. The summed E-state index contributed by atoms with van der Waals surface area (Å²) < 4.78 is 6.84. The predicted octanol–water partition coefficient (Wildman–Crippen LogP) is 5.57. The normalized spacial score (nSPS) is 10.1. The van der Waals surface area contributed by atoms with Crippen LogP contribution in [0.25, 0.3) is 0 Å². The van der Waals surface area contributed by atoms with Crippen molar-refractivity contribution in [1.29, 1.82) is 0 Å². The van der Waals surface area contributed by atoms with Gasteiger partial charge in [-0.15, -0.1) is 0 Å². The van der Waals surface area contributed by atoms with Crippen LogP contribution in [0, 0.1) is 0 Å². The number of para-hydroxylation sites is 3. The zero-order chi connectivity index (χ0) is 19.2. The number of nitrogens with zero attached hydrogens (tertiary/aromatic N) is 1. The number of nitrogens with one attached hydrogen (secondary N) is 1. The van der Waals surface area contributed by atoms with Crippen LogP contribution in [0.1, 0.15) is 10.4 Å². The maximum Gasteiger partial charge on any atom is 0.327 e. The molecule has 0 aromatic heterocycles. The Bertz CT molecular complexity index is 966. The second-order valence-electron chi connectivity index (χ2n) is 5.38. The highest BCUT2D eigenvalue weighted by atomic mass is 79.9. The van der Waals surface area contributed by atoms with Crippen molar-refractivity contribution in [3.05, 3.63) is 83.4 Å². The molecular formula is C20H13BrClN2O3. The van der Waals surface area contributed by atoms with E-state index in [2.05, 4.69) is 21.5 Å². The van der Waals surface area contributed by atoms with E-state index in [0.717, 1.165) is 3.93 Å². The van der Waals surface area contributed by atoms with Gasteiger partial charge in [0.1, 0.15) is 5.75 Å². The maximum atomic E-state index is 12.7. The molecule has 2 amide bonds. The molecule has 5 nitrogen and oxygen atoms in total. The van der Waals surface area contributed by atoms with Gasteiger partial charge in [0.2, 0.25) is 0 Å². The van der Waals surface area contributed by atoms with Gasteiger partial charge in [0.25, 0.3) is 5.91 Å². The molecule has 3 rings (SSSR count). The third-order valence-electron chi connectivity index (χ3n) is 3.62. The number of halogens is 2. The number of hydrogen-bond acceptors (Lipinski definition) is 3. The van der Waals surface area contributed by atoms with Gasteiger partial charge in [0.05, 0.1) is 38.1 Å². The summed E-state index contributed by atoms with van der Waals surface area (Å²) >= 11 is 9.28. The lowest BCUT2D eigenvalue weighted by atomic mass is 10.1. The van der Waals surface area contributed by atoms with E-state index in [1.54, 1.807) is 42.8 Å². The van der Waals surface area contributed by atoms with E-state index < -0.39 is 5.91 Å². The molecule has 0 saturated heterocycles. The van der Waals surface area contributed by atoms with Crippen molar-refractivity contribution in [2.24, 2.45) is 0 Å². The van der Waals surface area contributed by atoms with Crippen LogP contribution in [-0.2, 0) is 4.79 Å². The van der Waals surface area contributed by atoms with Crippen molar-refractivity contribution in [2.75, 3.05) is 9.24 Å². The molecule has 1 radical (unpaired) electrons. The van der Waals surface area contributed by atoms with Crippen LogP contribution in [0.2, 0.25) is 5.02 Å². The van der Waals surface area contributed by atoms with Crippen molar-refractivity contribution in [2.45, 2.75) is 0 Å². The lowest BCUT2D eigenvalue weighted by Crippen LogP contribution is -2.15. The van der Waals surface area contributed by atoms with E-state index in [0.29, 0.717) is 22.9 Å². The Hall–Kier alpha value is -2.83. The molecule has 0 fully saturated rings. The highest BCUT2D eigenvalue weighted by Gasteiger charge is 2.18. The second kappa shape index (κ2) is 8.70. The summed E-state index contributed by atoms with van der Waals surface area (Å²) in [5.41, 5.74) is 1.02. The molecule has 7 heteroatoms. The smallest absolute Gasteiger partial charge is 0.327 e. The van der Waals surface area contributed by atoms with Crippen molar-refractivity contribution < 1.29 is 14.3 Å². The van der Waals surface area contributed by atoms with Crippen LogP contribution in [0.15, 0.2) is 72.8 Å². The average molecular weight is 445 g/mol. The summed E-state index contributed by atoms with van der Waals surface area (Å²) in [7, 11) is 0. The molecule has 0 bridgehead atoms. The number of ether oxygens (including phenoxy) is 1. The minimum absolute atomic E-state index is 0.122. The van der Waals surface area contributed by atoms with E-state index in [1.165, 1.54) is 0 Å². The first-order valence-electron chi connectivity index (χ1n) is 7.85. The quantitative estimate of drug-likeness (QED) is 0.399. The molecule has 0 saturated carbocycles. The molecule has 3 aromatic rings. The Morgan fingerprint density at radius 2 is 1.70 bits per heavy atom. The number of benzene rings is 3. The topological polar surface area (TPSA) is 58.6 Å². The summed E-state index contributed by atoms with van der Waals surface area (Å²) in [5.74, 6) is 0.709. The predicted molar refractivity (Wildman–Crippen MR) is 109 cm³/mol. The van der Waals surface area contributed by atoms with Gasteiger partial charge >= 0.3 is 6.41 Å². The van der Waals surface area contributed by atoms with Crippen LogP contribution >= 0.6 is 27.7 Å². The number of amides is 2. The van der Waals surface area contributed by atoms with Crippen molar-refractivity contribution in [3.63, 3.8) is 0 Å².